The summed E-state index contributed by atoms with van der Waals surface area (Å²) < 4.78 is 0. The minimum absolute atomic E-state index is 0.341. The Kier molecular flexibility index (Phi) is 3.87. The Morgan fingerprint density at radius 1 is 1.07 bits per heavy atom. The predicted octanol–water partition coefficient (Wildman–Crippen LogP) is 3.50. The molecule has 0 aliphatic rings. The Labute approximate surface area is 86.1 Å². The highest BCUT2D eigenvalue weighted by Gasteiger charge is 2.05. The molecule has 76 valence electrons. The summed E-state index contributed by atoms with van der Waals surface area (Å²) in [6, 6.07) is 8.57. The van der Waals surface area contributed by atoms with Crippen LogP contribution in [0.15, 0.2) is 24.3 Å². The van der Waals surface area contributed by atoms with Crippen molar-refractivity contribution >= 4 is 6.29 Å². The summed E-state index contributed by atoms with van der Waals surface area (Å²) >= 11 is 0. The molecule has 1 rings (SSSR count). The van der Waals surface area contributed by atoms with Crippen LogP contribution in [-0.2, 0) is 4.79 Å². The molecule has 14 heavy (non-hydrogen) atoms. The van der Waals surface area contributed by atoms with E-state index in [0.717, 1.165) is 6.29 Å². The molecule has 0 amide bonds. The molecule has 1 nitrogen and oxygen atoms in total. The van der Waals surface area contributed by atoms with Gasteiger partial charge in [-0.25, -0.2) is 0 Å². The van der Waals surface area contributed by atoms with Crippen molar-refractivity contribution in [3.8, 4) is 0 Å². The van der Waals surface area contributed by atoms with Crippen LogP contribution in [0.4, 0.5) is 0 Å². The summed E-state index contributed by atoms with van der Waals surface area (Å²) in [6.07, 6.45) is 1.60. The van der Waals surface area contributed by atoms with Gasteiger partial charge in [-0.15, -0.1) is 0 Å². The molecular weight excluding hydrogens is 172 g/mol. The van der Waals surface area contributed by atoms with E-state index in [1.807, 2.05) is 0 Å². The number of hydrogen-bond acceptors (Lipinski definition) is 1. The third-order valence-electron chi connectivity index (χ3n) is 2.62. The van der Waals surface area contributed by atoms with Crippen molar-refractivity contribution in [2.45, 2.75) is 39.0 Å². The van der Waals surface area contributed by atoms with Gasteiger partial charge in [-0.3, -0.25) is 0 Å². The highest BCUT2D eigenvalue weighted by molar-refractivity contribution is 5.51. The molecule has 1 aromatic carbocycles. The van der Waals surface area contributed by atoms with Crippen LogP contribution in [0.25, 0.3) is 0 Å². The molecule has 0 radical (unpaired) electrons. The van der Waals surface area contributed by atoms with E-state index >= 15 is 0 Å². The first-order valence-electron chi connectivity index (χ1n) is 5.18. The number of benzene rings is 1. The molecule has 1 aromatic rings. The first-order chi connectivity index (χ1) is 6.65. The topological polar surface area (TPSA) is 17.1 Å². The lowest BCUT2D eigenvalue weighted by molar-refractivity contribution is -0.108. The van der Waals surface area contributed by atoms with E-state index in [4.69, 9.17) is 0 Å². The van der Waals surface area contributed by atoms with Gasteiger partial charge in [0.1, 0.15) is 6.29 Å². The van der Waals surface area contributed by atoms with Crippen LogP contribution < -0.4 is 0 Å². The van der Waals surface area contributed by atoms with Crippen molar-refractivity contribution < 1.29 is 4.79 Å². The van der Waals surface area contributed by atoms with E-state index in [9.17, 15) is 4.79 Å². The van der Waals surface area contributed by atoms with Crippen LogP contribution in [0, 0.1) is 0 Å². The zero-order valence-electron chi connectivity index (χ0n) is 9.16. The standard InChI is InChI=1S/C13H18O/c1-10(2)12-4-6-13(7-5-12)11(3)8-9-14/h4-7,9-11H,8H2,1-3H3. The van der Waals surface area contributed by atoms with Gasteiger partial charge in [-0.05, 0) is 23.0 Å². The SMILES string of the molecule is CC(C)c1ccc(C(C)CC=O)cc1. The van der Waals surface area contributed by atoms with E-state index in [1.165, 1.54) is 11.1 Å². The predicted molar refractivity (Wildman–Crippen MR) is 59.6 cm³/mol. The van der Waals surface area contributed by atoms with Crippen LogP contribution in [0.5, 0.6) is 0 Å². The van der Waals surface area contributed by atoms with E-state index in [0.29, 0.717) is 18.3 Å². The molecule has 0 spiro atoms. The van der Waals surface area contributed by atoms with Gasteiger partial charge in [0, 0.05) is 6.42 Å². The normalized spacial score (nSPS) is 12.9. The van der Waals surface area contributed by atoms with E-state index in [1.54, 1.807) is 0 Å². The van der Waals surface area contributed by atoms with E-state index < -0.39 is 0 Å². The Morgan fingerprint density at radius 2 is 1.57 bits per heavy atom. The monoisotopic (exact) mass is 190 g/mol. The Balaban J connectivity index is 2.77. The van der Waals surface area contributed by atoms with Gasteiger partial charge in [0.15, 0.2) is 0 Å². The van der Waals surface area contributed by atoms with Gasteiger partial charge in [0.25, 0.3) is 0 Å². The number of carbonyl (C=O) groups excluding carboxylic acids is 1. The Morgan fingerprint density at radius 3 is 2.00 bits per heavy atom. The van der Waals surface area contributed by atoms with Crippen molar-refractivity contribution in [1.29, 1.82) is 0 Å². The van der Waals surface area contributed by atoms with Crippen LogP contribution in [-0.4, -0.2) is 6.29 Å². The summed E-state index contributed by atoms with van der Waals surface area (Å²) in [6.45, 7) is 6.45. The second kappa shape index (κ2) is 4.94. The molecule has 1 atom stereocenters. The summed E-state index contributed by atoms with van der Waals surface area (Å²) in [7, 11) is 0. The van der Waals surface area contributed by atoms with Crippen LogP contribution >= 0.6 is 0 Å². The lowest BCUT2D eigenvalue weighted by atomic mass is 9.95. The second-order valence-electron chi connectivity index (χ2n) is 4.12. The lowest BCUT2D eigenvalue weighted by Gasteiger charge is -2.10. The first-order valence-corrected chi connectivity index (χ1v) is 5.18. The van der Waals surface area contributed by atoms with Gasteiger partial charge in [0.05, 0.1) is 0 Å². The number of hydrogen-bond donors (Lipinski definition) is 0. The zero-order valence-corrected chi connectivity index (χ0v) is 9.16. The maximum Gasteiger partial charge on any atom is 0.120 e. The van der Waals surface area contributed by atoms with Gasteiger partial charge < -0.3 is 4.79 Å². The maximum absolute atomic E-state index is 10.4. The molecule has 0 aliphatic heterocycles. The second-order valence-corrected chi connectivity index (χ2v) is 4.12. The highest BCUT2D eigenvalue weighted by atomic mass is 16.1. The maximum atomic E-state index is 10.4. The lowest BCUT2D eigenvalue weighted by Crippen LogP contribution is -1.95. The molecule has 1 heteroatoms. The summed E-state index contributed by atoms with van der Waals surface area (Å²) in [5.74, 6) is 0.916. The van der Waals surface area contributed by atoms with Gasteiger partial charge >= 0.3 is 0 Å². The third-order valence-corrected chi connectivity index (χ3v) is 2.62. The quantitative estimate of drug-likeness (QED) is 0.664. The average molecular weight is 190 g/mol. The molecular formula is C13H18O. The zero-order chi connectivity index (χ0) is 10.6. The Bertz CT molecular complexity index is 285. The van der Waals surface area contributed by atoms with Crippen molar-refractivity contribution in [3.05, 3.63) is 35.4 Å². The molecule has 0 saturated carbocycles. The Hall–Kier alpha value is -1.11. The highest BCUT2D eigenvalue weighted by Crippen LogP contribution is 2.21. The van der Waals surface area contributed by atoms with Gasteiger partial charge in [-0.1, -0.05) is 45.0 Å². The molecule has 0 fully saturated rings. The average Bonchev–Trinajstić information content (AvgIpc) is 2.18. The van der Waals surface area contributed by atoms with Crippen LogP contribution in [0.2, 0.25) is 0 Å². The molecule has 0 heterocycles. The van der Waals surface area contributed by atoms with Crippen molar-refractivity contribution in [3.63, 3.8) is 0 Å². The molecule has 0 bridgehead atoms. The summed E-state index contributed by atoms with van der Waals surface area (Å²) in [5.41, 5.74) is 2.61. The first kappa shape index (κ1) is 11.0. The molecule has 1 unspecified atom stereocenters. The van der Waals surface area contributed by atoms with Crippen molar-refractivity contribution in [1.82, 2.24) is 0 Å². The van der Waals surface area contributed by atoms with E-state index in [2.05, 4.69) is 45.0 Å². The van der Waals surface area contributed by atoms with Gasteiger partial charge in [-0.2, -0.15) is 0 Å². The minimum atomic E-state index is 0.341. The smallest absolute Gasteiger partial charge is 0.120 e. The van der Waals surface area contributed by atoms with Crippen LogP contribution in [0.3, 0.4) is 0 Å². The van der Waals surface area contributed by atoms with E-state index in [-0.39, 0.29) is 0 Å². The summed E-state index contributed by atoms with van der Waals surface area (Å²) in [4.78, 5) is 10.4. The molecule has 0 N–H and O–H groups in total. The number of rotatable bonds is 4. The van der Waals surface area contributed by atoms with Gasteiger partial charge in [0.2, 0.25) is 0 Å². The molecule has 0 aromatic heterocycles. The number of carbonyl (C=O) groups is 1. The van der Waals surface area contributed by atoms with Crippen molar-refractivity contribution in [2.75, 3.05) is 0 Å². The third kappa shape index (κ3) is 2.69. The largest absolute Gasteiger partial charge is 0.303 e. The minimum Gasteiger partial charge on any atom is -0.303 e. The fourth-order valence-electron chi connectivity index (χ4n) is 1.49. The number of aldehydes is 1. The molecule has 0 aliphatic carbocycles. The fraction of sp³-hybridized carbons (Fsp3) is 0.462. The van der Waals surface area contributed by atoms with Crippen molar-refractivity contribution in [2.24, 2.45) is 0 Å². The molecule has 0 saturated heterocycles. The fourth-order valence-corrected chi connectivity index (χ4v) is 1.49. The van der Waals surface area contributed by atoms with Crippen LogP contribution in [0.1, 0.15) is 50.2 Å². The summed E-state index contributed by atoms with van der Waals surface area (Å²) in [5, 5.41) is 0.